The van der Waals surface area contributed by atoms with Crippen LogP contribution in [-0.2, 0) is 6.18 Å². The van der Waals surface area contributed by atoms with Crippen molar-refractivity contribution in [2.75, 3.05) is 0 Å². The molecule has 0 N–H and O–H groups in total. The molecule has 15 heavy (non-hydrogen) atoms. The number of hydrogen-bond donors (Lipinski definition) is 0. The summed E-state index contributed by atoms with van der Waals surface area (Å²) in [6.45, 7) is 3.36. The van der Waals surface area contributed by atoms with Crippen molar-refractivity contribution in [2.45, 2.75) is 20.0 Å². The maximum atomic E-state index is 12.4. The van der Waals surface area contributed by atoms with E-state index in [9.17, 15) is 13.2 Å². The third-order valence-electron chi connectivity index (χ3n) is 2.02. The maximum absolute atomic E-state index is 12.4. The second-order valence-electron chi connectivity index (χ2n) is 3.32. The van der Waals surface area contributed by atoms with Gasteiger partial charge in [0.15, 0.2) is 11.3 Å². The molecule has 2 heterocycles. The van der Waals surface area contributed by atoms with Gasteiger partial charge in [-0.1, -0.05) is 0 Å². The zero-order valence-electron chi connectivity index (χ0n) is 8.13. The monoisotopic (exact) mass is 215 g/mol. The first-order valence-corrected chi connectivity index (χ1v) is 4.28. The van der Waals surface area contributed by atoms with Gasteiger partial charge in [-0.05, 0) is 13.8 Å². The molecular formula is C9H8F3N3. The maximum Gasteiger partial charge on any atom is 0.434 e. The van der Waals surface area contributed by atoms with Crippen LogP contribution >= 0.6 is 0 Å². The number of aryl methyl sites for hydroxylation is 2. The van der Waals surface area contributed by atoms with E-state index >= 15 is 0 Å². The van der Waals surface area contributed by atoms with Crippen molar-refractivity contribution in [3.8, 4) is 0 Å². The molecule has 3 nitrogen and oxygen atoms in total. The number of aromatic nitrogens is 3. The minimum absolute atomic E-state index is 0.243. The molecule has 2 aromatic rings. The van der Waals surface area contributed by atoms with Gasteiger partial charge in [0.2, 0.25) is 0 Å². The molecule has 0 spiro atoms. The molecule has 0 saturated heterocycles. The number of nitrogens with zero attached hydrogens (tertiary/aromatic N) is 3. The summed E-state index contributed by atoms with van der Waals surface area (Å²) < 4.78 is 38.4. The van der Waals surface area contributed by atoms with Crippen molar-refractivity contribution < 1.29 is 13.2 Å². The standard InChI is InChI=1S/C9H8F3N3/c1-5-3-15-4-7(9(10,11)12)14-8(15)6(2)13-5/h3-4H,1-2H3. The van der Waals surface area contributed by atoms with Crippen LogP contribution in [0.1, 0.15) is 17.1 Å². The first-order valence-electron chi connectivity index (χ1n) is 4.28. The molecule has 0 unspecified atom stereocenters. The van der Waals surface area contributed by atoms with E-state index in [1.54, 1.807) is 13.8 Å². The zero-order chi connectivity index (χ0) is 11.2. The Balaban J connectivity index is 2.71. The highest BCUT2D eigenvalue weighted by molar-refractivity contribution is 5.45. The minimum atomic E-state index is -4.41. The lowest BCUT2D eigenvalue weighted by atomic mass is 10.4. The molecule has 0 aliphatic carbocycles. The molecule has 2 aromatic heterocycles. The predicted octanol–water partition coefficient (Wildman–Crippen LogP) is 2.36. The second kappa shape index (κ2) is 2.95. The van der Waals surface area contributed by atoms with E-state index in [0.717, 1.165) is 6.20 Å². The van der Waals surface area contributed by atoms with Crippen LogP contribution in [0.4, 0.5) is 13.2 Å². The molecule has 6 heteroatoms. The highest BCUT2D eigenvalue weighted by Gasteiger charge is 2.34. The van der Waals surface area contributed by atoms with Crippen molar-refractivity contribution in [1.29, 1.82) is 0 Å². The van der Waals surface area contributed by atoms with Crippen LogP contribution in [0.3, 0.4) is 0 Å². The Hall–Kier alpha value is -1.59. The Bertz CT molecular complexity index is 513. The van der Waals surface area contributed by atoms with Crippen LogP contribution in [0, 0.1) is 13.8 Å². The van der Waals surface area contributed by atoms with Gasteiger partial charge < -0.3 is 4.40 Å². The normalized spacial score (nSPS) is 12.3. The third-order valence-corrected chi connectivity index (χ3v) is 2.02. The second-order valence-corrected chi connectivity index (χ2v) is 3.32. The Morgan fingerprint density at radius 3 is 2.40 bits per heavy atom. The van der Waals surface area contributed by atoms with E-state index in [1.807, 2.05) is 0 Å². The van der Waals surface area contributed by atoms with Gasteiger partial charge in [-0.3, -0.25) is 4.98 Å². The van der Waals surface area contributed by atoms with Gasteiger partial charge in [0.1, 0.15) is 0 Å². The quantitative estimate of drug-likeness (QED) is 0.675. The van der Waals surface area contributed by atoms with Crippen LogP contribution in [0.2, 0.25) is 0 Å². The van der Waals surface area contributed by atoms with Crippen molar-refractivity contribution in [3.05, 3.63) is 29.5 Å². The number of rotatable bonds is 0. The lowest BCUT2D eigenvalue weighted by Crippen LogP contribution is -2.04. The van der Waals surface area contributed by atoms with E-state index in [1.165, 1.54) is 10.6 Å². The van der Waals surface area contributed by atoms with E-state index < -0.39 is 11.9 Å². The van der Waals surface area contributed by atoms with Crippen LogP contribution < -0.4 is 0 Å². The number of hydrogen-bond acceptors (Lipinski definition) is 2. The molecule has 0 bridgehead atoms. The lowest BCUT2D eigenvalue weighted by Gasteiger charge is -1.98. The van der Waals surface area contributed by atoms with Crippen molar-refractivity contribution >= 4 is 5.65 Å². The molecule has 2 rings (SSSR count). The summed E-state index contributed by atoms with van der Waals surface area (Å²) in [5.41, 5.74) is 0.502. The number of fused-ring (bicyclic) bond motifs is 1. The van der Waals surface area contributed by atoms with E-state index in [-0.39, 0.29) is 5.65 Å². The molecule has 0 fully saturated rings. The van der Waals surface area contributed by atoms with Gasteiger partial charge in [-0.25, -0.2) is 4.98 Å². The summed E-state index contributed by atoms with van der Waals surface area (Å²) in [5.74, 6) is 0. The van der Waals surface area contributed by atoms with Gasteiger partial charge in [0.25, 0.3) is 0 Å². The molecule has 80 valence electrons. The topological polar surface area (TPSA) is 30.2 Å². The first kappa shape index (κ1) is 9.95. The van der Waals surface area contributed by atoms with Crippen LogP contribution in [0.25, 0.3) is 5.65 Å². The van der Waals surface area contributed by atoms with Gasteiger partial charge >= 0.3 is 6.18 Å². The summed E-state index contributed by atoms with van der Waals surface area (Å²) in [7, 11) is 0. The summed E-state index contributed by atoms with van der Waals surface area (Å²) in [6.07, 6.45) is -1.92. The fourth-order valence-corrected chi connectivity index (χ4v) is 1.44. The molecule has 0 saturated carbocycles. The van der Waals surface area contributed by atoms with Crippen LogP contribution in [-0.4, -0.2) is 14.4 Å². The van der Waals surface area contributed by atoms with E-state index in [0.29, 0.717) is 11.4 Å². The fourth-order valence-electron chi connectivity index (χ4n) is 1.44. The molecule has 0 amide bonds. The highest BCUT2D eigenvalue weighted by atomic mass is 19.4. The zero-order valence-corrected chi connectivity index (χ0v) is 8.13. The van der Waals surface area contributed by atoms with Crippen LogP contribution in [0.15, 0.2) is 12.4 Å². The molecule has 0 aliphatic rings. The van der Waals surface area contributed by atoms with Crippen molar-refractivity contribution in [1.82, 2.24) is 14.4 Å². The number of imidazole rings is 1. The molecule has 0 radical (unpaired) electrons. The summed E-state index contributed by atoms with van der Waals surface area (Å²) in [6, 6.07) is 0. The smallest absolute Gasteiger partial charge is 0.303 e. The molecule has 0 aliphatic heterocycles. The van der Waals surface area contributed by atoms with E-state index in [2.05, 4.69) is 9.97 Å². The van der Waals surface area contributed by atoms with Gasteiger partial charge in [-0.2, -0.15) is 13.2 Å². The Kier molecular flexibility index (Phi) is 1.95. The lowest BCUT2D eigenvalue weighted by molar-refractivity contribution is -0.140. The largest absolute Gasteiger partial charge is 0.434 e. The third kappa shape index (κ3) is 1.67. The summed E-state index contributed by atoms with van der Waals surface area (Å²) in [5, 5.41) is 0. The van der Waals surface area contributed by atoms with Crippen LogP contribution in [0.5, 0.6) is 0 Å². The van der Waals surface area contributed by atoms with Crippen molar-refractivity contribution in [2.24, 2.45) is 0 Å². The summed E-state index contributed by atoms with van der Waals surface area (Å²) in [4.78, 5) is 7.55. The Labute approximate surface area is 83.6 Å². The average molecular weight is 215 g/mol. The van der Waals surface area contributed by atoms with Crippen molar-refractivity contribution in [3.63, 3.8) is 0 Å². The molecular weight excluding hydrogens is 207 g/mol. The summed E-state index contributed by atoms with van der Waals surface area (Å²) >= 11 is 0. The first-order chi connectivity index (χ1) is 6.88. The van der Waals surface area contributed by atoms with Gasteiger partial charge in [0, 0.05) is 12.4 Å². The van der Waals surface area contributed by atoms with E-state index in [4.69, 9.17) is 0 Å². The minimum Gasteiger partial charge on any atom is -0.303 e. The molecule has 0 aromatic carbocycles. The SMILES string of the molecule is Cc1cn2cc(C(F)(F)F)nc2c(C)n1. The predicted molar refractivity (Wildman–Crippen MR) is 47.5 cm³/mol. The molecule has 0 atom stereocenters. The number of alkyl halides is 3. The highest BCUT2D eigenvalue weighted by Crippen LogP contribution is 2.28. The Morgan fingerprint density at radius 2 is 1.80 bits per heavy atom. The van der Waals surface area contributed by atoms with Gasteiger partial charge in [0.05, 0.1) is 11.4 Å². The fraction of sp³-hybridized carbons (Fsp3) is 0.333. The average Bonchev–Trinajstić information content (AvgIpc) is 2.46. The number of halogens is 3. The Morgan fingerprint density at radius 1 is 1.13 bits per heavy atom. The van der Waals surface area contributed by atoms with Gasteiger partial charge in [-0.15, -0.1) is 0 Å².